The van der Waals surface area contributed by atoms with Crippen LogP contribution in [-0.4, -0.2) is 56.3 Å². The van der Waals surface area contributed by atoms with Crippen LogP contribution in [0.2, 0.25) is 0 Å². The van der Waals surface area contributed by atoms with Crippen molar-refractivity contribution in [2.75, 3.05) is 50.0 Å². The van der Waals surface area contributed by atoms with Crippen molar-refractivity contribution in [3.63, 3.8) is 0 Å². The zero-order valence-electron chi connectivity index (χ0n) is 11.2. The number of nitrogens with zero attached hydrogens (tertiary/aromatic N) is 2. The lowest BCUT2D eigenvalue weighted by atomic mass is 10.2. The number of thiazole rings is 1. The molecule has 20 heavy (non-hydrogen) atoms. The van der Waals surface area contributed by atoms with E-state index < -0.39 is 0 Å². The number of ether oxygens (including phenoxy) is 1. The Morgan fingerprint density at radius 2 is 2.30 bits per heavy atom. The molecule has 1 atom stereocenters. The van der Waals surface area contributed by atoms with Gasteiger partial charge in [-0.1, -0.05) is 11.3 Å². The first kappa shape index (κ1) is 13.6. The summed E-state index contributed by atoms with van der Waals surface area (Å²) >= 11 is 1.37. The number of carbonyl (C=O) groups excluding carboxylic acids is 1. The van der Waals surface area contributed by atoms with Crippen molar-refractivity contribution < 1.29 is 9.53 Å². The van der Waals surface area contributed by atoms with Gasteiger partial charge in [0.05, 0.1) is 12.6 Å². The van der Waals surface area contributed by atoms with Gasteiger partial charge in [0.25, 0.3) is 5.91 Å². The van der Waals surface area contributed by atoms with Crippen LogP contribution < -0.4 is 21.3 Å². The molecule has 0 aromatic carbocycles. The number of amides is 1. The first-order valence-electron chi connectivity index (χ1n) is 6.84. The molecule has 1 amide bonds. The second kappa shape index (κ2) is 5.94. The van der Waals surface area contributed by atoms with Crippen molar-refractivity contribution in [2.45, 2.75) is 12.5 Å². The van der Waals surface area contributed by atoms with Crippen molar-refractivity contribution >= 4 is 28.2 Å². The molecular formula is C12H19N5O2S. The van der Waals surface area contributed by atoms with Crippen molar-refractivity contribution in [1.29, 1.82) is 0 Å². The molecule has 1 unspecified atom stereocenters. The SMILES string of the molecule is Nc1nc(N2CCNCC2)sc1C(=O)NC1CCOC1. The molecule has 0 spiro atoms. The summed E-state index contributed by atoms with van der Waals surface area (Å²) in [4.78, 5) is 19.2. The van der Waals surface area contributed by atoms with Gasteiger partial charge >= 0.3 is 0 Å². The second-order valence-corrected chi connectivity index (χ2v) is 5.96. The molecule has 110 valence electrons. The van der Waals surface area contributed by atoms with Gasteiger partial charge in [0.15, 0.2) is 5.13 Å². The molecule has 2 aliphatic heterocycles. The monoisotopic (exact) mass is 297 g/mol. The predicted molar refractivity (Wildman–Crippen MR) is 78.3 cm³/mol. The van der Waals surface area contributed by atoms with Crippen LogP contribution in [-0.2, 0) is 4.74 Å². The van der Waals surface area contributed by atoms with E-state index in [2.05, 4.69) is 20.5 Å². The van der Waals surface area contributed by atoms with E-state index in [1.54, 1.807) is 0 Å². The molecule has 0 radical (unpaired) electrons. The number of nitrogens with two attached hydrogens (primary N) is 1. The van der Waals surface area contributed by atoms with Gasteiger partial charge in [-0.25, -0.2) is 4.98 Å². The van der Waals surface area contributed by atoms with Gasteiger partial charge in [-0.05, 0) is 6.42 Å². The van der Waals surface area contributed by atoms with Crippen LogP contribution in [0, 0.1) is 0 Å². The third-order valence-electron chi connectivity index (χ3n) is 3.50. The molecule has 2 saturated heterocycles. The zero-order chi connectivity index (χ0) is 13.9. The molecule has 8 heteroatoms. The maximum absolute atomic E-state index is 12.2. The van der Waals surface area contributed by atoms with Crippen molar-refractivity contribution in [1.82, 2.24) is 15.6 Å². The Balaban J connectivity index is 1.69. The van der Waals surface area contributed by atoms with Gasteiger partial charge < -0.3 is 26.0 Å². The number of anilines is 2. The average Bonchev–Trinajstić information content (AvgIpc) is 3.09. The maximum atomic E-state index is 12.2. The lowest BCUT2D eigenvalue weighted by molar-refractivity contribution is 0.0934. The Morgan fingerprint density at radius 1 is 1.50 bits per heavy atom. The molecular weight excluding hydrogens is 278 g/mol. The predicted octanol–water partition coefficient (Wildman–Crippen LogP) is -0.346. The third kappa shape index (κ3) is 2.87. The second-order valence-electron chi connectivity index (χ2n) is 4.98. The highest BCUT2D eigenvalue weighted by Crippen LogP contribution is 2.28. The summed E-state index contributed by atoms with van der Waals surface area (Å²) in [5, 5.41) is 7.07. The molecule has 4 N–H and O–H groups in total. The smallest absolute Gasteiger partial charge is 0.265 e. The molecule has 0 bridgehead atoms. The topological polar surface area (TPSA) is 92.5 Å². The van der Waals surface area contributed by atoms with Crippen LogP contribution in [0.15, 0.2) is 0 Å². The van der Waals surface area contributed by atoms with E-state index in [9.17, 15) is 4.79 Å². The first-order valence-corrected chi connectivity index (χ1v) is 7.66. The standard InChI is InChI=1S/C12H19N5O2S/c13-10-9(11(18)15-8-1-6-19-7-8)20-12(16-10)17-4-2-14-3-5-17/h8,14H,1-7,13H2,(H,15,18). The Hall–Kier alpha value is -1.38. The molecule has 3 heterocycles. The quantitative estimate of drug-likeness (QED) is 0.706. The van der Waals surface area contributed by atoms with E-state index in [0.717, 1.165) is 37.7 Å². The molecule has 2 aliphatic rings. The molecule has 1 aromatic heterocycles. The summed E-state index contributed by atoms with van der Waals surface area (Å²) in [6, 6.07) is 0.0895. The number of nitrogens with one attached hydrogen (secondary N) is 2. The van der Waals surface area contributed by atoms with E-state index >= 15 is 0 Å². The maximum Gasteiger partial charge on any atom is 0.265 e. The molecule has 0 aliphatic carbocycles. The largest absolute Gasteiger partial charge is 0.382 e. The highest BCUT2D eigenvalue weighted by molar-refractivity contribution is 7.18. The summed E-state index contributed by atoms with van der Waals surface area (Å²) in [7, 11) is 0. The number of nitrogen functional groups attached to an aromatic ring is 1. The normalized spacial score (nSPS) is 23.0. The fraction of sp³-hybridized carbons (Fsp3) is 0.667. The summed E-state index contributed by atoms with van der Waals surface area (Å²) in [6.45, 7) is 4.93. The third-order valence-corrected chi connectivity index (χ3v) is 4.63. The first-order chi connectivity index (χ1) is 9.74. The Labute approximate surface area is 121 Å². The fourth-order valence-electron chi connectivity index (χ4n) is 2.37. The fourth-order valence-corrected chi connectivity index (χ4v) is 3.31. The number of carbonyl (C=O) groups is 1. The molecule has 2 fully saturated rings. The van der Waals surface area contributed by atoms with Gasteiger partial charge in [0, 0.05) is 32.8 Å². The zero-order valence-corrected chi connectivity index (χ0v) is 12.0. The Kier molecular flexibility index (Phi) is 4.04. The highest BCUT2D eigenvalue weighted by atomic mass is 32.1. The highest BCUT2D eigenvalue weighted by Gasteiger charge is 2.24. The van der Waals surface area contributed by atoms with Crippen molar-refractivity contribution in [3.8, 4) is 0 Å². The van der Waals surface area contributed by atoms with Crippen LogP contribution in [0.3, 0.4) is 0 Å². The summed E-state index contributed by atoms with van der Waals surface area (Å²) in [6.07, 6.45) is 0.856. The van der Waals surface area contributed by atoms with E-state index in [-0.39, 0.29) is 11.9 Å². The van der Waals surface area contributed by atoms with Gasteiger partial charge in [-0.3, -0.25) is 4.79 Å². The van der Waals surface area contributed by atoms with E-state index in [0.29, 0.717) is 23.9 Å². The Bertz CT molecular complexity index is 480. The summed E-state index contributed by atoms with van der Waals surface area (Å²) in [5.74, 6) is 0.178. The molecule has 3 rings (SSSR count). The number of hydrogen-bond donors (Lipinski definition) is 3. The minimum Gasteiger partial charge on any atom is -0.382 e. The van der Waals surface area contributed by atoms with Gasteiger partial charge in [-0.2, -0.15) is 0 Å². The van der Waals surface area contributed by atoms with Crippen LogP contribution in [0.5, 0.6) is 0 Å². The molecule has 7 nitrogen and oxygen atoms in total. The van der Waals surface area contributed by atoms with Crippen LogP contribution >= 0.6 is 11.3 Å². The summed E-state index contributed by atoms with van der Waals surface area (Å²) < 4.78 is 5.25. The minimum atomic E-state index is -0.142. The Morgan fingerprint density at radius 3 is 3.00 bits per heavy atom. The van der Waals surface area contributed by atoms with Crippen LogP contribution in [0.1, 0.15) is 16.1 Å². The number of aromatic nitrogens is 1. The van der Waals surface area contributed by atoms with E-state index in [4.69, 9.17) is 10.5 Å². The average molecular weight is 297 g/mol. The molecule has 0 saturated carbocycles. The number of hydrogen-bond acceptors (Lipinski definition) is 7. The van der Waals surface area contributed by atoms with Crippen LogP contribution in [0.25, 0.3) is 0 Å². The van der Waals surface area contributed by atoms with E-state index in [1.807, 2.05) is 0 Å². The minimum absolute atomic E-state index is 0.0895. The van der Waals surface area contributed by atoms with Gasteiger partial charge in [0.2, 0.25) is 0 Å². The van der Waals surface area contributed by atoms with Gasteiger partial charge in [-0.15, -0.1) is 0 Å². The molecule has 1 aromatic rings. The van der Waals surface area contributed by atoms with Crippen molar-refractivity contribution in [2.24, 2.45) is 0 Å². The van der Waals surface area contributed by atoms with Gasteiger partial charge in [0.1, 0.15) is 10.7 Å². The van der Waals surface area contributed by atoms with Crippen LogP contribution in [0.4, 0.5) is 10.9 Å². The number of rotatable bonds is 3. The lowest BCUT2D eigenvalue weighted by Crippen LogP contribution is -2.43. The van der Waals surface area contributed by atoms with Crippen molar-refractivity contribution in [3.05, 3.63) is 4.88 Å². The van der Waals surface area contributed by atoms with E-state index in [1.165, 1.54) is 11.3 Å². The summed E-state index contributed by atoms with van der Waals surface area (Å²) in [5.41, 5.74) is 5.89. The lowest BCUT2D eigenvalue weighted by Gasteiger charge is -2.26. The number of piperazine rings is 1.